The summed E-state index contributed by atoms with van der Waals surface area (Å²) >= 11 is 0. The van der Waals surface area contributed by atoms with Crippen LogP contribution in [0.5, 0.6) is 0 Å². The Morgan fingerprint density at radius 3 is 3.18 bits per heavy atom. The van der Waals surface area contributed by atoms with Gasteiger partial charge in [0.15, 0.2) is 0 Å². The second-order valence-corrected chi connectivity index (χ2v) is 5.79. The fourth-order valence-corrected chi connectivity index (χ4v) is 2.88. The van der Waals surface area contributed by atoms with Crippen LogP contribution in [0.1, 0.15) is 22.3 Å². The molecule has 0 spiro atoms. The van der Waals surface area contributed by atoms with Gasteiger partial charge < -0.3 is 20.3 Å². The highest BCUT2D eigenvalue weighted by Crippen LogP contribution is 2.25. The van der Waals surface area contributed by atoms with Crippen molar-refractivity contribution < 1.29 is 14.3 Å². The second kappa shape index (κ2) is 6.36. The van der Waals surface area contributed by atoms with Crippen LogP contribution < -0.4 is 10.6 Å². The van der Waals surface area contributed by atoms with Gasteiger partial charge in [-0.15, -0.1) is 0 Å². The molecule has 1 fully saturated rings. The van der Waals surface area contributed by atoms with Gasteiger partial charge in [-0.1, -0.05) is 12.1 Å². The number of para-hydroxylation sites is 1. The van der Waals surface area contributed by atoms with Gasteiger partial charge in [-0.3, -0.25) is 9.59 Å². The van der Waals surface area contributed by atoms with E-state index in [1.807, 2.05) is 12.1 Å². The molecule has 1 saturated heterocycles. The molecule has 0 radical (unpaired) electrons. The molecule has 1 atom stereocenters. The van der Waals surface area contributed by atoms with Crippen molar-refractivity contribution in [3.8, 4) is 0 Å². The van der Waals surface area contributed by atoms with Gasteiger partial charge in [-0.05, 0) is 24.5 Å². The topological polar surface area (TPSA) is 70.7 Å². The molecule has 0 aromatic heterocycles. The Balaban J connectivity index is 1.62. The average molecular weight is 303 g/mol. The number of nitrogens with one attached hydrogen (secondary N) is 2. The number of rotatable bonds is 3. The van der Waals surface area contributed by atoms with Crippen LogP contribution in [0, 0.1) is 0 Å². The zero-order valence-electron chi connectivity index (χ0n) is 12.7. The van der Waals surface area contributed by atoms with Crippen molar-refractivity contribution in [1.82, 2.24) is 10.2 Å². The maximum Gasteiger partial charge on any atom is 0.253 e. The standard InChI is InChI=1S/C16H21N3O3/c1-19-9-12(22-10-14(19)20)8-18-16(21)13-6-2-4-11-5-3-7-17-15(11)13/h2,4,6,12,17H,3,5,7-10H2,1H3,(H,18,21)/t12-/m1/s1. The van der Waals surface area contributed by atoms with Crippen LogP contribution in [0.2, 0.25) is 0 Å². The molecule has 0 unspecified atom stereocenters. The lowest BCUT2D eigenvalue weighted by atomic mass is 9.99. The predicted molar refractivity (Wildman–Crippen MR) is 83.0 cm³/mol. The molecule has 1 aromatic carbocycles. The number of aryl methyl sites for hydroxylation is 1. The second-order valence-electron chi connectivity index (χ2n) is 5.79. The summed E-state index contributed by atoms with van der Waals surface area (Å²) in [5.41, 5.74) is 2.82. The van der Waals surface area contributed by atoms with E-state index in [2.05, 4.69) is 16.7 Å². The Labute approximate surface area is 129 Å². The number of nitrogens with zero attached hydrogens (tertiary/aromatic N) is 1. The first-order chi connectivity index (χ1) is 10.6. The molecule has 22 heavy (non-hydrogen) atoms. The van der Waals surface area contributed by atoms with E-state index < -0.39 is 0 Å². The molecule has 1 aromatic rings. The molecule has 118 valence electrons. The molecular weight excluding hydrogens is 282 g/mol. The summed E-state index contributed by atoms with van der Waals surface area (Å²) in [6.07, 6.45) is 1.94. The lowest BCUT2D eigenvalue weighted by Gasteiger charge is -2.30. The zero-order chi connectivity index (χ0) is 15.5. The molecule has 2 aliphatic heterocycles. The number of hydrogen-bond donors (Lipinski definition) is 2. The van der Waals surface area contributed by atoms with Crippen LogP contribution in [0.15, 0.2) is 18.2 Å². The van der Waals surface area contributed by atoms with Crippen LogP contribution in [-0.2, 0) is 16.0 Å². The molecule has 0 aliphatic carbocycles. The quantitative estimate of drug-likeness (QED) is 0.859. The first-order valence-electron chi connectivity index (χ1n) is 7.64. The third-order valence-corrected chi connectivity index (χ3v) is 4.16. The number of fused-ring (bicyclic) bond motifs is 1. The lowest BCUT2D eigenvalue weighted by Crippen LogP contribution is -2.48. The van der Waals surface area contributed by atoms with Gasteiger partial charge in [0, 0.05) is 26.7 Å². The van der Waals surface area contributed by atoms with Crippen LogP contribution in [-0.4, -0.2) is 56.1 Å². The monoisotopic (exact) mass is 303 g/mol. The number of carbonyl (C=O) groups is 2. The first-order valence-corrected chi connectivity index (χ1v) is 7.64. The van der Waals surface area contributed by atoms with Crippen LogP contribution >= 0.6 is 0 Å². The Hall–Kier alpha value is -2.08. The highest BCUT2D eigenvalue weighted by Gasteiger charge is 2.24. The molecule has 0 saturated carbocycles. The third-order valence-electron chi connectivity index (χ3n) is 4.16. The molecular formula is C16H21N3O3. The van der Waals surface area contributed by atoms with E-state index in [0.29, 0.717) is 18.7 Å². The Morgan fingerprint density at radius 2 is 2.36 bits per heavy atom. The maximum atomic E-state index is 12.4. The van der Waals surface area contributed by atoms with Crippen molar-refractivity contribution in [3.05, 3.63) is 29.3 Å². The number of benzene rings is 1. The molecule has 2 N–H and O–H groups in total. The minimum absolute atomic E-state index is 0.0242. The minimum atomic E-state index is -0.154. The molecule has 6 nitrogen and oxygen atoms in total. The highest BCUT2D eigenvalue weighted by atomic mass is 16.5. The van der Waals surface area contributed by atoms with Gasteiger partial charge >= 0.3 is 0 Å². The van der Waals surface area contributed by atoms with E-state index in [1.54, 1.807) is 11.9 Å². The van der Waals surface area contributed by atoms with Gasteiger partial charge in [0.2, 0.25) is 5.91 Å². The number of carbonyl (C=O) groups excluding carboxylic acids is 2. The van der Waals surface area contributed by atoms with Crippen molar-refractivity contribution in [3.63, 3.8) is 0 Å². The number of hydrogen-bond acceptors (Lipinski definition) is 4. The van der Waals surface area contributed by atoms with Crippen molar-refractivity contribution in [2.45, 2.75) is 18.9 Å². The number of anilines is 1. The Kier molecular flexibility index (Phi) is 4.29. The minimum Gasteiger partial charge on any atom is -0.384 e. The normalized spacial score (nSPS) is 21.0. The molecule has 6 heteroatoms. The summed E-state index contributed by atoms with van der Waals surface area (Å²) in [4.78, 5) is 25.4. The smallest absolute Gasteiger partial charge is 0.253 e. The summed E-state index contributed by atoms with van der Waals surface area (Å²) in [7, 11) is 1.75. The van der Waals surface area contributed by atoms with Crippen LogP contribution in [0.4, 0.5) is 5.69 Å². The zero-order valence-corrected chi connectivity index (χ0v) is 12.7. The largest absolute Gasteiger partial charge is 0.384 e. The molecule has 0 bridgehead atoms. The van der Waals surface area contributed by atoms with E-state index in [4.69, 9.17) is 4.74 Å². The first kappa shape index (κ1) is 14.8. The highest BCUT2D eigenvalue weighted by molar-refractivity contribution is 6.00. The van der Waals surface area contributed by atoms with E-state index in [-0.39, 0.29) is 24.5 Å². The van der Waals surface area contributed by atoms with E-state index in [1.165, 1.54) is 5.56 Å². The van der Waals surface area contributed by atoms with E-state index >= 15 is 0 Å². The summed E-state index contributed by atoms with van der Waals surface area (Å²) < 4.78 is 5.44. The van der Waals surface area contributed by atoms with Crippen molar-refractivity contribution in [2.24, 2.45) is 0 Å². The lowest BCUT2D eigenvalue weighted by molar-refractivity contribution is -0.146. The number of amides is 2. The summed E-state index contributed by atoms with van der Waals surface area (Å²) in [5.74, 6) is -0.127. The fourth-order valence-electron chi connectivity index (χ4n) is 2.88. The molecule has 2 amide bonds. The van der Waals surface area contributed by atoms with Gasteiger partial charge in [0.05, 0.1) is 17.4 Å². The van der Waals surface area contributed by atoms with Crippen LogP contribution in [0.25, 0.3) is 0 Å². The third kappa shape index (κ3) is 3.06. The average Bonchev–Trinajstić information content (AvgIpc) is 2.55. The number of morpholine rings is 1. The van der Waals surface area contributed by atoms with Gasteiger partial charge in [0.25, 0.3) is 5.91 Å². The van der Waals surface area contributed by atoms with E-state index in [0.717, 1.165) is 25.1 Å². The summed E-state index contributed by atoms with van der Waals surface area (Å²) in [6.45, 7) is 1.89. The van der Waals surface area contributed by atoms with Gasteiger partial charge in [-0.25, -0.2) is 0 Å². The maximum absolute atomic E-state index is 12.4. The van der Waals surface area contributed by atoms with Crippen molar-refractivity contribution in [1.29, 1.82) is 0 Å². The number of ether oxygens (including phenoxy) is 1. The molecule has 3 rings (SSSR count). The number of likely N-dealkylation sites (N-methyl/N-ethyl adjacent to an activating group) is 1. The molecule has 2 aliphatic rings. The van der Waals surface area contributed by atoms with Gasteiger partial charge in [-0.2, -0.15) is 0 Å². The van der Waals surface area contributed by atoms with Gasteiger partial charge in [0.1, 0.15) is 6.61 Å². The fraction of sp³-hybridized carbons (Fsp3) is 0.500. The Morgan fingerprint density at radius 1 is 1.50 bits per heavy atom. The summed E-state index contributed by atoms with van der Waals surface area (Å²) in [5, 5.41) is 6.23. The van der Waals surface area contributed by atoms with E-state index in [9.17, 15) is 9.59 Å². The van der Waals surface area contributed by atoms with Crippen molar-refractivity contribution in [2.75, 3.05) is 38.6 Å². The van der Waals surface area contributed by atoms with Crippen molar-refractivity contribution >= 4 is 17.5 Å². The molecule has 2 heterocycles. The van der Waals surface area contributed by atoms with Crippen LogP contribution in [0.3, 0.4) is 0 Å². The Bertz CT molecular complexity index is 588. The SMILES string of the molecule is CN1C[C@@H](CNC(=O)c2cccc3c2NCCC3)OCC1=O. The summed E-state index contributed by atoms with van der Waals surface area (Å²) in [6, 6.07) is 5.82. The predicted octanol–water partition coefficient (Wildman–Crippen LogP) is 0.632.